The monoisotopic (exact) mass is 119 g/mol. The first-order chi connectivity index (χ1) is 3.66. The van der Waals surface area contributed by atoms with Crippen LogP contribution in [0.15, 0.2) is 5.10 Å². The summed E-state index contributed by atoms with van der Waals surface area (Å²) in [5.74, 6) is 0. The summed E-state index contributed by atoms with van der Waals surface area (Å²) in [5, 5.41) is 22.0. The lowest BCUT2D eigenvalue weighted by Crippen LogP contribution is -2.19. The van der Waals surface area contributed by atoms with Crippen molar-refractivity contribution in [2.75, 3.05) is 7.05 Å². The molecular weight excluding hydrogens is 114 g/mol. The fourth-order valence-electron chi connectivity index (χ4n) is 0.124. The first-order valence-electron chi connectivity index (χ1n) is 1.69. The van der Waals surface area contributed by atoms with Gasteiger partial charge in [-0.25, -0.2) is 10.6 Å². The molecule has 0 aliphatic carbocycles. The maximum Gasteiger partial charge on any atom is 0.0124 e. The molecule has 0 saturated heterocycles. The summed E-state index contributed by atoms with van der Waals surface area (Å²) in [6.07, 6.45) is 0. The van der Waals surface area contributed by atoms with Crippen molar-refractivity contribution in [2.24, 2.45) is 5.10 Å². The van der Waals surface area contributed by atoms with E-state index in [1.54, 1.807) is 0 Å². The first kappa shape index (κ1) is 7.31. The van der Waals surface area contributed by atoms with Gasteiger partial charge >= 0.3 is 0 Å². The zero-order chi connectivity index (χ0) is 6.57. The number of hydrazone groups is 1. The lowest BCUT2D eigenvalue weighted by atomic mass is 11.5. The Morgan fingerprint density at radius 2 is 2.12 bits per heavy atom. The van der Waals surface area contributed by atoms with Crippen LogP contribution in [0.5, 0.6) is 0 Å². The van der Waals surface area contributed by atoms with Crippen LogP contribution < -0.4 is 0 Å². The second-order valence-electron chi connectivity index (χ2n) is 0.901. The minimum Gasteiger partial charge on any atom is -0.761 e. The predicted molar refractivity (Wildman–Crippen MR) is 27.0 cm³/mol. The highest BCUT2D eigenvalue weighted by Gasteiger charge is 1.78. The van der Waals surface area contributed by atoms with Gasteiger partial charge in [-0.1, -0.05) is 0 Å². The molecule has 0 spiro atoms. The first-order valence-corrected chi connectivity index (χ1v) is 1.69. The molecule has 0 bridgehead atoms. The van der Waals surface area contributed by atoms with Crippen molar-refractivity contribution >= 4 is 6.72 Å². The number of rotatable bonds is 3. The van der Waals surface area contributed by atoms with Crippen LogP contribution in [0.2, 0.25) is 0 Å². The molecule has 0 atom stereocenters. The molecule has 48 valence electrons. The molecule has 0 unspecified atom stereocenters. The number of hydrogen-bond acceptors (Lipinski definition) is 6. The van der Waals surface area contributed by atoms with E-state index < -0.39 is 0 Å². The summed E-state index contributed by atoms with van der Waals surface area (Å²) in [6.45, 7) is 2.79. The fourth-order valence-corrected chi connectivity index (χ4v) is 0.124. The average Bonchev–Trinajstić information content (AvgIpc) is 1.65. The largest absolute Gasteiger partial charge is 0.761 e. The van der Waals surface area contributed by atoms with Crippen LogP contribution >= 0.6 is 0 Å². The Morgan fingerprint density at radius 1 is 1.62 bits per heavy atom. The van der Waals surface area contributed by atoms with Crippen LogP contribution in [0.25, 0.3) is 0 Å². The zero-order valence-electron chi connectivity index (χ0n) is 4.27. The molecule has 6 heteroatoms. The second kappa shape index (κ2) is 3.33. The zero-order valence-corrected chi connectivity index (χ0v) is 4.27. The maximum absolute atomic E-state index is 9.85. The summed E-state index contributed by atoms with van der Waals surface area (Å²) in [6, 6.07) is 0. The molecule has 0 fully saturated rings. The van der Waals surface area contributed by atoms with Crippen LogP contribution in [-0.4, -0.2) is 24.3 Å². The third-order valence-electron chi connectivity index (χ3n) is 0.300. The minimum atomic E-state index is -0.299. The van der Waals surface area contributed by atoms with Gasteiger partial charge in [0.15, 0.2) is 0 Å². The topological polar surface area (TPSA) is 74.2 Å². The van der Waals surface area contributed by atoms with Crippen LogP contribution in [0, 0.1) is 10.4 Å². The minimum absolute atomic E-state index is 0.0400. The Labute approximate surface area is 46.0 Å². The van der Waals surface area contributed by atoms with E-state index in [1.165, 1.54) is 0 Å². The summed E-state index contributed by atoms with van der Waals surface area (Å²) < 4.78 is 0. The van der Waals surface area contributed by atoms with Crippen LogP contribution in [0.3, 0.4) is 0 Å². The van der Waals surface area contributed by atoms with Gasteiger partial charge in [0.05, 0.1) is 0 Å². The van der Waals surface area contributed by atoms with Gasteiger partial charge < -0.3 is 10.4 Å². The van der Waals surface area contributed by atoms with Crippen molar-refractivity contribution in [2.45, 2.75) is 0 Å². The third kappa shape index (κ3) is 3.50. The molecule has 0 aromatic rings. The molecule has 0 saturated carbocycles. The molecule has 0 rings (SSSR count). The van der Waals surface area contributed by atoms with Crippen molar-refractivity contribution in [1.29, 1.82) is 0 Å². The lowest BCUT2D eigenvalue weighted by Gasteiger charge is -2.30. The van der Waals surface area contributed by atoms with E-state index in [9.17, 15) is 10.4 Å². The van der Waals surface area contributed by atoms with E-state index in [2.05, 4.69) is 16.8 Å². The molecule has 0 aliphatic heterocycles. The van der Waals surface area contributed by atoms with Crippen molar-refractivity contribution in [3.8, 4) is 0 Å². The van der Waals surface area contributed by atoms with Crippen molar-refractivity contribution in [3.05, 3.63) is 10.4 Å². The van der Waals surface area contributed by atoms with Gasteiger partial charge in [0.25, 0.3) is 0 Å². The highest BCUT2D eigenvalue weighted by molar-refractivity contribution is 5.22. The van der Waals surface area contributed by atoms with Crippen LogP contribution in [-0.2, 0) is 4.94 Å². The Balaban J connectivity index is 3.23. The molecule has 0 aromatic carbocycles. The van der Waals surface area contributed by atoms with Gasteiger partial charge in [0, 0.05) is 13.8 Å². The van der Waals surface area contributed by atoms with Gasteiger partial charge in [-0.15, -0.1) is 0 Å². The molecule has 0 aliphatic rings. The van der Waals surface area contributed by atoms with Gasteiger partial charge in [-0.05, 0) is 0 Å². The Bertz CT molecular complexity index is 74.9. The van der Waals surface area contributed by atoms with E-state index in [0.717, 1.165) is 7.05 Å². The molecule has 6 nitrogen and oxygen atoms in total. The molecule has 0 radical (unpaired) electrons. The molecule has 8 heavy (non-hydrogen) atoms. The van der Waals surface area contributed by atoms with Crippen molar-refractivity contribution in [1.82, 2.24) is 10.6 Å². The molecule has 0 amide bonds. The number of hydroxylamine groups is 2. The summed E-state index contributed by atoms with van der Waals surface area (Å²) in [7, 11) is 1.01. The maximum atomic E-state index is 9.85. The van der Waals surface area contributed by atoms with Gasteiger partial charge in [-0.3, -0.25) is 0 Å². The quantitative estimate of drug-likeness (QED) is 0.376. The summed E-state index contributed by atoms with van der Waals surface area (Å²) >= 11 is 0. The summed E-state index contributed by atoms with van der Waals surface area (Å²) in [4.78, 5) is 3.73. The van der Waals surface area contributed by atoms with E-state index in [-0.39, 0.29) is 10.6 Å². The van der Waals surface area contributed by atoms with Gasteiger partial charge in [-0.2, -0.15) is 10.0 Å². The van der Waals surface area contributed by atoms with E-state index >= 15 is 0 Å². The normalized spacial score (nSPS) is 9.50. The number of nitrogens with zero attached hydrogens (tertiary/aromatic N) is 3. The third-order valence-corrected chi connectivity index (χ3v) is 0.300. The highest BCUT2D eigenvalue weighted by Crippen LogP contribution is 1.87. The second-order valence-corrected chi connectivity index (χ2v) is 0.901. The van der Waals surface area contributed by atoms with Gasteiger partial charge in [0.1, 0.15) is 0 Å². The van der Waals surface area contributed by atoms with Crippen molar-refractivity contribution < 1.29 is 4.94 Å². The van der Waals surface area contributed by atoms with Gasteiger partial charge in [0.2, 0.25) is 0 Å². The predicted octanol–water partition coefficient (Wildman–Crippen LogP) is -0.322. The Kier molecular flexibility index (Phi) is 3.04. The fraction of sp³-hybridized carbons (Fsp3) is 0.500. The average molecular weight is 119 g/mol. The molecule has 0 heterocycles. The molecule has 0 aromatic heterocycles. The van der Waals surface area contributed by atoms with Crippen LogP contribution in [0.1, 0.15) is 0 Å². The van der Waals surface area contributed by atoms with Crippen molar-refractivity contribution in [3.63, 3.8) is 0 Å². The standard InChI is InChI=1S/C2H5N3O3/c1-3-5(7)8-4(2)6/h1H2,2H3/q-2. The SMILES string of the molecule is C=NN([O-])ON(C)[O-]. The van der Waals surface area contributed by atoms with E-state index in [4.69, 9.17) is 0 Å². The van der Waals surface area contributed by atoms with Crippen LogP contribution in [0.4, 0.5) is 0 Å². The molecular formula is C2H5N3O3-2. The lowest BCUT2D eigenvalue weighted by molar-refractivity contribution is -0.269. The Hall–Kier alpha value is -0.690. The van der Waals surface area contributed by atoms with E-state index in [1.807, 2.05) is 0 Å². The molecule has 0 N–H and O–H groups in total. The summed E-state index contributed by atoms with van der Waals surface area (Å²) in [5.41, 5.74) is 0. The highest BCUT2D eigenvalue weighted by atomic mass is 17.1. The number of hydrogen-bond donors (Lipinski definition) is 0. The smallest absolute Gasteiger partial charge is 0.0124 e. The Morgan fingerprint density at radius 3 is 2.25 bits per heavy atom. The van der Waals surface area contributed by atoms with E-state index in [0.29, 0.717) is 0 Å².